The molecule has 0 aliphatic heterocycles. The van der Waals surface area contributed by atoms with E-state index in [2.05, 4.69) is 9.88 Å². The Morgan fingerprint density at radius 1 is 1.21 bits per heavy atom. The number of anilines is 1. The quantitative estimate of drug-likeness (QED) is 0.627. The number of hydrogen-bond acceptors (Lipinski definition) is 5. The highest BCUT2D eigenvalue weighted by Gasteiger charge is 2.22. The van der Waals surface area contributed by atoms with E-state index in [1.165, 1.54) is 22.7 Å². The average Bonchev–Trinajstić information content (AvgIpc) is 3.20. The van der Waals surface area contributed by atoms with Gasteiger partial charge in [0.15, 0.2) is 5.13 Å². The second kappa shape index (κ2) is 7.61. The van der Waals surface area contributed by atoms with Crippen LogP contribution in [-0.2, 0) is 0 Å². The highest BCUT2D eigenvalue weighted by atomic mass is 35.5. The Labute approximate surface area is 154 Å². The highest BCUT2D eigenvalue weighted by molar-refractivity contribution is 7.22. The zero-order valence-corrected chi connectivity index (χ0v) is 15.9. The van der Waals surface area contributed by atoms with Crippen molar-refractivity contribution in [3.63, 3.8) is 0 Å². The van der Waals surface area contributed by atoms with Gasteiger partial charge >= 0.3 is 0 Å². The molecule has 1 amide bonds. The molecule has 3 aromatic rings. The number of hydrogen-bond donors (Lipinski definition) is 0. The lowest BCUT2D eigenvalue weighted by Crippen LogP contribution is -2.32. The standard InChI is InChI=1S/C17H18ClN3OS2/c1-20(2)9-5-10-21(16(22)14-8-4-11-23-14)17-19-15-12(18)6-3-7-13(15)24-17/h3-4,6-8,11H,5,9-10H2,1-2H3. The molecule has 0 atom stereocenters. The van der Waals surface area contributed by atoms with Gasteiger partial charge in [-0.2, -0.15) is 0 Å². The SMILES string of the molecule is CN(C)CCCN(C(=O)c1cccs1)c1nc2c(Cl)cccc2s1. The molecule has 2 heterocycles. The summed E-state index contributed by atoms with van der Waals surface area (Å²) >= 11 is 9.19. The molecule has 0 saturated heterocycles. The van der Waals surface area contributed by atoms with Crippen LogP contribution in [0.2, 0.25) is 5.02 Å². The molecule has 3 rings (SSSR count). The van der Waals surface area contributed by atoms with Gasteiger partial charge in [0.2, 0.25) is 0 Å². The maximum Gasteiger partial charge on any atom is 0.270 e. The molecule has 24 heavy (non-hydrogen) atoms. The molecular formula is C17H18ClN3OS2. The van der Waals surface area contributed by atoms with Crippen molar-refractivity contribution < 1.29 is 4.79 Å². The zero-order chi connectivity index (χ0) is 17.1. The van der Waals surface area contributed by atoms with E-state index in [0.717, 1.165) is 28.1 Å². The largest absolute Gasteiger partial charge is 0.309 e. The first-order valence-corrected chi connectivity index (χ1v) is 9.69. The van der Waals surface area contributed by atoms with Gasteiger partial charge in [-0.3, -0.25) is 9.69 Å². The smallest absolute Gasteiger partial charge is 0.270 e. The van der Waals surface area contributed by atoms with Crippen LogP contribution in [0, 0.1) is 0 Å². The molecule has 0 bridgehead atoms. The van der Waals surface area contributed by atoms with E-state index < -0.39 is 0 Å². The summed E-state index contributed by atoms with van der Waals surface area (Å²) in [5.74, 6) is -0.000986. The number of para-hydroxylation sites is 1. The van der Waals surface area contributed by atoms with E-state index in [0.29, 0.717) is 16.7 Å². The number of aromatic nitrogens is 1. The first-order chi connectivity index (χ1) is 11.6. The third-order valence-electron chi connectivity index (χ3n) is 3.55. The number of amides is 1. The van der Waals surface area contributed by atoms with Crippen molar-refractivity contribution in [1.29, 1.82) is 0 Å². The summed E-state index contributed by atoms with van der Waals surface area (Å²) in [6.45, 7) is 1.55. The third-order valence-corrected chi connectivity index (χ3v) is 5.76. The molecule has 0 aliphatic rings. The fourth-order valence-electron chi connectivity index (χ4n) is 2.38. The van der Waals surface area contributed by atoms with Gasteiger partial charge in [0.25, 0.3) is 5.91 Å². The molecule has 0 aliphatic carbocycles. The molecular weight excluding hydrogens is 362 g/mol. The van der Waals surface area contributed by atoms with Gasteiger partial charge < -0.3 is 4.90 Å². The van der Waals surface area contributed by atoms with Crippen LogP contribution in [0.15, 0.2) is 35.7 Å². The van der Waals surface area contributed by atoms with Crippen LogP contribution in [0.1, 0.15) is 16.1 Å². The first kappa shape index (κ1) is 17.4. The topological polar surface area (TPSA) is 36.4 Å². The van der Waals surface area contributed by atoms with Crippen molar-refractivity contribution in [2.75, 3.05) is 32.1 Å². The van der Waals surface area contributed by atoms with Gasteiger partial charge in [-0.25, -0.2) is 4.98 Å². The molecule has 2 aromatic heterocycles. The van der Waals surface area contributed by atoms with Gasteiger partial charge in [0.1, 0.15) is 5.52 Å². The monoisotopic (exact) mass is 379 g/mol. The molecule has 126 valence electrons. The summed E-state index contributed by atoms with van der Waals surface area (Å²) in [4.78, 5) is 22.1. The van der Waals surface area contributed by atoms with Gasteiger partial charge in [-0.05, 0) is 50.6 Å². The second-order valence-corrected chi connectivity index (χ2v) is 8.04. The fourth-order valence-corrected chi connectivity index (χ4v) is 4.34. The van der Waals surface area contributed by atoms with Crippen molar-refractivity contribution in [1.82, 2.24) is 9.88 Å². The third kappa shape index (κ3) is 3.78. The summed E-state index contributed by atoms with van der Waals surface area (Å²) in [7, 11) is 4.06. The Kier molecular flexibility index (Phi) is 5.50. The molecule has 0 fully saturated rings. The predicted octanol–water partition coefficient (Wildman–Crippen LogP) is 4.61. The number of nitrogens with zero attached hydrogens (tertiary/aromatic N) is 3. The summed E-state index contributed by atoms with van der Waals surface area (Å²) in [5, 5.41) is 3.24. The number of rotatable bonds is 6. The maximum absolute atomic E-state index is 12.9. The second-order valence-electron chi connectivity index (χ2n) is 5.67. The van der Waals surface area contributed by atoms with Crippen LogP contribution in [-0.4, -0.2) is 43.0 Å². The van der Waals surface area contributed by atoms with E-state index in [4.69, 9.17) is 11.6 Å². The van der Waals surface area contributed by atoms with Gasteiger partial charge in [-0.15, -0.1) is 11.3 Å². The molecule has 7 heteroatoms. The summed E-state index contributed by atoms with van der Waals surface area (Å²) in [6, 6.07) is 9.46. The van der Waals surface area contributed by atoms with Gasteiger partial charge in [0, 0.05) is 6.54 Å². The Balaban J connectivity index is 1.92. The normalized spacial score (nSPS) is 11.3. The highest BCUT2D eigenvalue weighted by Crippen LogP contribution is 2.33. The van der Waals surface area contributed by atoms with E-state index in [1.807, 2.05) is 49.8 Å². The fraction of sp³-hybridized carbons (Fsp3) is 0.294. The van der Waals surface area contributed by atoms with E-state index in [-0.39, 0.29) is 5.91 Å². The van der Waals surface area contributed by atoms with E-state index in [1.54, 1.807) is 4.90 Å². The molecule has 0 N–H and O–H groups in total. The zero-order valence-electron chi connectivity index (χ0n) is 13.5. The van der Waals surface area contributed by atoms with Gasteiger partial charge in [0.05, 0.1) is 14.6 Å². The van der Waals surface area contributed by atoms with Crippen molar-refractivity contribution in [3.05, 3.63) is 45.6 Å². The lowest BCUT2D eigenvalue weighted by molar-refractivity contribution is 0.0990. The number of thiazole rings is 1. The number of carbonyl (C=O) groups excluding carboxylic acids is 1. The molecule has 0 spiro atoms. The Hall–Kier alpha value is -1.47. The molecule has 0 radical (unpaired) electrons. The number of carbonyl (C=O) groups is 1. The Morgan fingerprint density at radius 2 is 2.04 bits per heavy atom. The van der Waals surface area contributed by atoms with Crippen molar-refractivity contribution in [3.8, 4) is 0 Å². The first-order valence-electron chi connectivity index (χ1n) is 7.61. The maximum atomic E-state index is 12.9. The number of halogens is 1. The van der Waals surface area contributed by atoms with Crippen molar-refractivity contribution in [2.24, 2.45) is 0 Å². The average molecular weight is 380 g/mol. The van der Waals surface area contributed by atoms with Crippen LogP contribution < -0.4 is 4.90 Å². The molecule has 4 nitrogen and oxygen atoms in total. The minimum Gasteiger partial charge on any atom is -0.309 e. The summed E-state index contributed by atoms with van der Waals surface area (Å²) in [5.41, 5.74) is 0.760. The Morgan fingerprint density at radius 3 is 2.71 bits per heavy atom. The van der Waals surface area contributed by atoms with Crippen LogP contribution >= 0.6 is 34.3 Å². The van der Waals surface area contributed by atoms with Crippen molar-refractivity contribution >= 4 is 55.5 Å². The minimum absolute atomic E-state index is 0.000986. The lowest BCUT2D eigenvalue weighted by atomic mass is 10.3. The molecule has 0 saturated carbocycles. The Bertz CT molecular complexity index is 830. The van der Waals surface area contributed by atoms with Crippen LogP contribution in [0.5, 0.6) is 0 Å². The van der Waals surface area contributed by atoms with Crippen molar-refractivity contribution in [2.45, 2.75) is 6.42 Å². The number of thiophene rings is 1. The molecule has 1 aromatic carbocycles. The molecule has 0 unspecified atom stereocenters. The van der Waals surface area contributed by atoms with E-state index >= 15 is 0 Å². The van der Waals surface area contributed by atoms with Crippen LogP contribution in [0.4, 0.5) is 5.13 Å². The number of benzene rings is 1. The van der Waals surface area contributed by atoms with E-state index in [9.17, 15) is 4.79 Å². The predicted molar refractivity (Wildman–Crippen MR) is 104 cm³/mol. The number of fused-ring (bicyclic) bond motifs is 1. The van der Waals surface area contributed by atoms with Crippen LogP contribution in [0.3, 0.4) is 0 Å². The minimum atomic E-state index is -0.000986. The van der Waals surface area contributed by atoms with Crippen LogP contribution in [0.25, 0.3) is 10.2 Å². The summed E-state index contributed by atoms with van der Waals surface area (Å²) in [6.07, 6.45) is 0.883. The van der Waals surface area contributed by atoms with Gasteiger partial charge in [-0.1, -0.05) is 35.1 Å². The lowest BCUT2D eigenvalue weighted by Gasteiger charge is -2.20. The summed E-state index contributed by atoms with van der Waals surface area (Å²) < 4.78 is 0.995.